The van der Waals surface area contributed by atoms with E-state index in [2.05, 4.69) is 28.2 Å². The Balaban J connectivity index is 1.94. The standard InChI is InChI=1S/C19H18N6/c1-24(16-10-6-9-15(13-16)22-23-21)19(20)25(2)18-12-5-8-14-7-3-4-11-17(14)18/h3-13,20H,1-2H3. The number of anilines is 2. The third-order valence-electron chi connectivity index (χ3n) is 4.14. The molecule has 3 rings (SSSR count). The van der Waals surface area contributed by atoms with E-state index in [1.807, 2.05) is 49.3 Å². The van der Waals surface area contributed by atoms with Gasteiger partial charge >= 0.3 is 0 Å². The molecule has 0 aliphatic rings. The van der Waals surface area contributed by atoms with Gasteiger partial charge in [-0.25, -0.2) is 0 Å². The van der Waals surface area contributed by atoms with Crippen LogP contribution in [0.3, 0.4) is 0 Å². The first kappa shape index (κ1) is 16.4. The van der Waals surface area contributed by atoms with E-state index in [-0.39, 0.29) is 0 Å². The molecule has 0 bridgehead atoms. The van der Waals surface area contributed by atoms with Gasteiger partial charge in [0.05, 0.1) is 5.69 Å². The minimum Gasteiger partial charge on any atom is -0.316 e. The normalized spacial score (nSPS) is 10.2. The molecule has 0 atom stereocenters. The van der Waals surface area contributed by atoms with Crippen LogP contribution in [0.5, 0.6) is 0 Å². The molecule has 0 unspecified atom stereocenters. The number of nitrogens with zero attached hydrogens (tertiary/aromatic N) is 5. The zero-order valence-corrected chi connectivity index (χ0v) is 14.1. The van der Waals surface area contributed by atoms with Crippen molar-refractivity contribution in [3.8, 4) is 0 Å². The quantitative estimate of drug-likeness (QED) is 0.233. The van der Waals surface area contributed by atoms with Crippen LogP contribution in [-0.2, 0) is 0 Å². The zero-order valence-electron chi connectivity index (χ0n) is 14.1. The lowest BCUT2D eigenvalue weighted by molar-refractivity contribution is 1.12. The summed E-state index contributed by atoms with van der Waals surface area (Å²) in [6.07, 6.45) is 0. The highest BCUT2D eigenvalue weighted by Gasteiger charge is 2.15. The van der Waals surface area contributed by atoms with E-state index in [0.717, 1.165) is 22.1 Å². The molecule has 6 heteroatoms. The van der Waals surface area contributed by atoms with Crippen LogP contribution in [0.1, 0.15) is 0 Å². The first-order valence-corrected chi connectivity index (χ1v) is 7.81. The summed E-state index contributed by atoms with van der Waals surface area (Å²) in [6, 6.07) is 21.3. The highest BCUT2D eigenvalue weighted by Crippen LogP contribution is 2.28. The van der Waals surface area contributed by atoms with Gasteiger partial charge in [-0.1, -0.05) is 53.6 Å². The Morgan fingerprint density at radius 3 is 2.48 bits per heavy atom. The van der Waals surface area contributed by atoms with Crippen molar-refractivity contribution in [2.24, 2.45) is 5.11 Å². The van der Waals surface area contributed by atoms with Gasteiger partial charge in [0.1, 0.15) is 0 Å². The Labute approximate surface area is 146 Å². The molecule has 0 aromatic heterocycles. The highest BCUT2D eigenvalue weighted by molar-refractivity contribution is 6.09. The van der Waals surface area contributed by atoms with Crippen LogP contribution in [-0.4, -0.2) is 20.1 Å². The smallest absolute Gasteiger partial charge is 0.202 e. The lowest BCUT2D eigenvalue weighted by atomic mass is 10.1. The minimum absolute atomic E-state index is 0.314. The predicted octanol–water partition coefficient (Wildman–Crippen LogP) is 5.29. The molecule has 0 saturated carbocycles. The maximum absolute atomic E-state index is 8.59. The second-order valence-corrected chi connectivity index (χ2v) is 5.65. The Kier molecular flexibility index (Phi) is 4.55. The van der Waals surface area contributed by atoms with Crippen molar-refractivity contribution < 1.29 is 0 Å². The number of nitrogens with one attached hydrogen (secondary N) is 1. The first-order valence-electron chi connectivity index (χ1n) is 7.81. The number of guanidine groups is 1. The Hall–Kier alpha value is -3.50. The van der Waals surface area contributed by atoms with Crippen molar-refractivity contribution in [3.63, 3.8) is 0 Å². The maximum Gasteiger partial charge on any atom is 0.202 e. The first-order chi connectivity index (χ1) is 12.1. The molecule has 124 valence electrons. The maximum atomic E-state index is 8.59. The summed E-state index contributed by atoms with van der Waals surface area (Å²) in [5.74, 6) is 0.314. The third kappa shape index (κ3) is 3.24. The number of hydrogen-bond acceptors (Lipinski definition) is 2. The third-order valence-corrected chi connectivity index (χ3v) is 4.14. The van der Waals surface area contributed by atoms with Gasteiger partial charge < -0.3 is 9.80 Å². The molecule has 0 heterocycles. The molecule has 0 spiro atoms. The number of azide groups is 1. The van der Waals surface area contributed by atoms with Gasteiger partial charge in [0.15, 0.2) is 0 Å². The number of fused-ring (bicyclic) bond motifs is 1. The fourth-order valence-corrected chi connectivity index (χ4v) is 2.78. The van der Waals surface area contributed by atoms with Crippen molar-refractivity contribution in [1.82, 2.24) is 0 Å². The average molecular weight is 330 g/mol. The largest absolute Gasteiger partial charge is 0.316 e. The van der Waals surface area contributed by atoms with Crippen LogP contribution in [0.2, 0.25) is 0 Å². The Bertz CT molecular complexity index is 969. The average Bonchev–Trinajstić information content (AvgIpc) is 2.66. The molecular formula is C19H18N6. The van der Waals surface area contributed by atoms with Gasteiger partial charge in [-0.05, 0) is 29.1 Å². The summed E-state index contributed by atoms with van der Waals surface area (Å²) in [4.78, 5) is 6.39. The number of rotatable bonds is 3. The molecule has 6 nitrogen and oxygen atoms in total. The molecule has 0 radical (unpaired) electrons. The van der Waals surface area contributed by atoms with E-state index >= 15 is 0 Å². The van der Waals surface area contributed by atoms with E-state index in [9.17, 15) is 0 Å². The Morgan fingerprint density at radius 2 is 1.68 bits per heavy atom. The molecule has 25 heavy (non-hydrogen) atoms. The second kappa shape index (κ2) is 6.95. The van der Waals surface area contributed by atoms with E-state index < -0.39 is 0 Å². The molecule has 1 N–H and O–H groups in total. The zero-order chi connectivity index (χ0) is 17.8. The van der Waals surface area contributed by atoms with Crippen LogP contribution >= 0.6 is 0 Å². The lowest BCUT2D eigenvalue weighted by Gasteiger charge is -2.29. The van der Waals surface area contributed by atoms with E-state index in [1.54, 1.807) is 23.1 Å². The fourth-order valence-electron chi connectivity index (χ4n) is 2.78. The summed E-state index contributed by atoms with van der Waals surface area (Å²) in [5, 5.41) is 14.4. The summed E-state index contributed by atoms with van der Waals surface area (Å²) < 4.78 is 0. The fraction of sp³-hybridized carbons (Fsp3) is 0.105. The molecule has 0 aliphatic heterocycles. The van der Waals surface area contributed by atoms with Crippen molar-refractivity contribution in [1.29, 1.82) is 5.41 Å². The Morgan fingerprint density at radius 1 is 0.960 bits per heavy atom. The molecule has 0 fully saturated rings. The number of hydrogen-bond donors (Lipinski definition) is 1. The summed E-state index contributed by atoms with van der Waals surface area (Å²) in [7, 11) is 3.69. The molecule has 3 aromatic rings. The molecule has 0 amide bonds. The van der Waals surface area contributed by atoms with Crippen LogP contribution in [0.4, 0.5) is 17.1 Å². The van der Waals surface area contributed by atoms with Gasteiger partial charge in [0.25, 0.3) is 0 Å². The molecule has 0 saturated heterocycles. The van der Waals surface area contributed by atoms with Crippen molar-refractivity contribution in [2.45, 2.75) is 0 Å². The van der Waals surface area contributed by atoms with Crippen molar-refractivity contribution in [2.75, 3.05) is 23.9 Å². The predicted molar refractivity (Wildman–Crippen MR) is 104 cm³/mol. The summed E-state index contributed by atoms with van der Waals surface area (Å²) in [6.45, 7) is 0. The molecule has 3 aromatic carbocycles. The van der Waals surface area contributed by atoms with Gasteiger partial charge in [-0.15, -0.1) is 0 Å². The summed E-state index contributed by atoms with van der Waals surface area (Å²) >= 11 is 0. The second-order valence-electron chi connectivity index (χ2n) is 5.65. The van der Waals surface area contributed by atoms with Gasteiger partial charge in [0, 0.05) is 35.8 Å². The van der Waals surface area contributed by atoms with Crippen molar-refractivity contribution >= 4 is 33.8 Å². The SMILES string of the molecule is CN(C(=N)N(C)c1cccc2ccccc12)c1cccc(N=[N+]=[N-])c1. The minimum atomic E-state index is 0.314. The van der Waals surface area contributed by atoms with Crippen LogP contribution in [0.15, 0.2) is 71.8 Å². The molecule has 0 aliphatic carbocycles. The van der Waals surface area contributed by atoms with E-state index in [0.29, 0.717) is 11.6 Å². The topological polar surface area (TPSA) is 79.1 Å². The highest BCUT2D eigenvalue weighted by atomic mass is 15.3. The molecular weight excluding hydrogens is 312 g/mol. The lowest BCUT2D eigenvalue weighted by Crippen LogP contribution is -2.39. The number of benzene rings is 3. The van der Waals surface area contributed by atoms with Crippen LogP contribution in [0, 0.1) is 5.41 Å². The van der Waals surface area contributed by atoms with Gasteiger partial charge in [-0.2, -0.15) is 0 Å². The van der Waals surface area contributed by atoms with E-state index in [1.165, 1.54) is 0 Å². The van der Waals surface area contributed by atoms with Crippen molar-refractivity contribution in [3.05, 3.63) is 77.2 Å². The summed E-state index contributed by atoms with van der Waals surface area (Å²) in [5.41, 5.74) is 10.8. The van der Waals surface area contributed by atoms with Gasteiger partial charge in [-0.3, -0.25) is 5.41 Å². The van der Waals surface area contributed by atoms with E-state index in [4.69, 9.17) is 10.9 Å². The van der Waals surface area contributed by atoms with Gasteiger partial charge in [0.2, 0.25) is 5.96 Å². The monoisotopic (exact) mass is 330 g/mol. The van der Waals surface area contributed by atoms with Crippen LogP contribution in [0.25, 0.3) is 21.2 Å². The van der Waals surface area contributed by atoms with Crippen LogP contribution < -0.4 is 9.80 Å².